The van der Waals surface area contributed by atoms with Crippen LogP contribution in [-0.2, 0) is 33.5 Å². The van der Waals surface area contributed by atoms with E-state index in [0.717, 1.165) is 33.7 Å². The molecule has 0 radical (unpaired) electrons. The van der Waals surface area contributed by atoms with E-state index in [2.05, 4.69) is 41.3 Å². The number of carbonyl (C=O) groups excluding carboxylic acids is 3. The van der Waals surface area contributed by atoms with E-state index >= 15 is 0 Å². The standard InChI is InChI=1S/C41H44N4O8/c1-10-24-21(3)29-16-33-27-13-11-26(39(47)51-8)38(40(48)52-9)41(27,6)35(45-33)18-30-23(5)37(20(2)19-53-49)34(44-30)17-32-25(12-14-36(46)50-7)22(4)28(43-32)15-31(24)42-29/h10-11,13,15-18,22,28,38,43-44,49H,1-2,12,14,19H2,3-9H3/b30-18?,31-15-,33-16?,34-17-/t22?,28?,38-,41+/m0/s1. The molecule has 12 nitrogen and oxygen atoms in total. The summed E-state index contributed by atoms with van der Waals surface area (Å²) in [4.78, 5) is 57.5. The highest BCUT2D eigenvalue weighted by atomic mass is 17.1. The Balaban J connectivity index is 1.70. The number of H-pyrrole nitrogens is 1. The first kappa shape index (κ1) is 37.2. The third-order valence-electron chi connectivity index (χ3n) is 11.0. The Labute approximate surface area is 307 Å². The zero-order valence-corrected chi connectivity index (χ0v) is 31.0. The summed E-state index contributed by atoms with van der Waals surface area (Å²) in [5.74, 6) is -2.70. The Bertz CT molecular complexity index is 2240. The third-order valence-corrected chi connectivity index (χ3v) is 11.0. The van der Waals surface area contributed by atoms with Crippen molar-refractivity contribution in [3.63, 3.8) is 0 Å². The summed E-state index contributed by atoms with van der Waals surface area (Å²) in [6, 6.07) is -0.187. The highest BCUT2D eigenvalue weighted by molar-refractivity contribution is 6.22. The molecule has 0 saturated carbocycles. The lowest BCUT2D eigenvalue weighted by molar-refractivity contribution is -0.229. The molecular weight excluding hydrogens is 676 g/mol. The molecule has 53 heavy (non-hydrogen) atoms. The number of nitrogens with one attached hydrogen (secondary N) is 2. The molecular formula is C41H44N4O8. The number of hydrogen-bond acceptors (Lipinski definition) is 11. The van der Waals surface area contributed by atoms with Crippen molar-refractivity contribution < 1.29 is 38.7 Å². The molecule has 4 atom stereocenters. The van der Waals surface area contributed by atoms with Gasteiger partial charge in [0, 0.05) is 39.9 Å². The first-order valence-corrected chi connectivity index (χ1v) is 17.3. The maximum absolute atomic E-state index is 13.7. The van der Waals surface area contributed by atoms with Crippen LogP contribution in [0.25, 0.3) is 17.7 Å². The maximum atomic E-state index is 13.7. The lowest BCUT2D eigenvalue weighted by Crippen LogP contribution is -2.44. The summed E-state index contributed by atoms with van der Waals surface area (Å²) in [5.41, 5.74) is 7.75. The molecule has 0 amide bonds. The fourth-order valence-electron chi connectivity index (χ4n) is 8.02. The van der Waals surface area contributed by atoms with Gasteiger partial charge in [0.05, 0.1) is 61.2 Å². The number of aromatic amines is 1. The minimum absolute atomic E-state index is 0.0201. The molecule has 1 aromatic rings. The number of ether oxygens (including phenoxy) is 3. The van der Waals surface area contributed by atoms with Crippen LogP contribution in [0.5, 0.6) is 0 Å². The number of methoxy groups -OCH3 is 3. The molecule has 0 spiro atoms. The Hall–Kier alpha value is -5.59. The maximum Gasteiger partial charge on any atom is 0.334 e. The van der Waals surface area contributed by atoms with E-state index < -0.39 is 23.3 Å². The summed E-state index contributed by atoms with van der Waals surface area (Å²) in [7, 11) is 3.93. The van der Waals surface area contributed by atoms with Crippen molar-refractivity contribution in [3.05, 3.63) is 110 Å². The summed E-state index contributed by atoms with van der Waals surface area (Å²) in [6.45, 7) is 16.0. The number of aromatic nitrogens is 1. The van der Waals surface area contributed by atoms with Gasteiger partial charge < -0.3 is 24.5 Å². The van der Waals surface area contributed by atoms with Gasteiger partial charge >= 0.3 is 17.9 Å². The third kappa shape index (κ3) is 6.21. The molecule has 8 bridgehead atoms. The van der Waals surface area contributed by atoms with E-state index in [-0.39, 0.29) is 36.5 Å². The highest BCUT2D eigenvalue weighted by Gasteiger charge is 2.55. The molecule has 6 rings (SSSR count). The second kappa shape index (κ2) is 14.4. The van der Waals surface area contributed by atoms with E-state index in [0.29, 0.717) is 50.9 Å². The monoisotopic (exact) mass is 720 g/mol. The minimum atomic E-state index is -1.17. The summed E-state index contributed by atoms with van der Waals surface area (Å²) < 4.78 is 15.4. The number of rotatable bonds is 9. The first-order chi connectivity index (χ1) is 25.3. The van der Waals surface area contributed by atoms with Crippen LogP contribution in [0, 0.1) is 24.2 Å². The lowest BCUT2D eigenvalue weighted by atomic mass is 9.63. The fraction of sp³-hybridized carbons (Fsp3) is 0.341. The predicted octanol–water partition coefficient (Wildman–Crippen LogP) is 4.23. The highest BCUT2D eigenvalue weighted by Crippen LogP contribution is 2.52. The molecule has 4 aliphatic heterocycles. The molecule has 3 N–H and O–H groups in total. The van der Waals surface area contributed by atoms with Crippen LogP contribution in [0.2, 0.25) is 0 Å². The summed E-state index contributed by atoms with van der Waals surface area (Å²) >= 11 is 0. The van der Waals surface area contributed by atoms with Gasteiger partial charge in [-0.1, -0.05) is 38.3 Å². The molecule has 0 saturated heterocycles. The molecule has 276 valence electrons. The van der Waals surface area contributed by atoms with E-state index in [9.17, 15) is 19.6 Å². The quantitative estimate of drug-likeness (QED) is 0.147. The zero-order valence-electron chi connectivity index (χ0n) is 31.0. The molecule has 0 fully saturated rings. The Kier molecular flexibility index (Phi) is 10.1. The predicted molar refractivity (Wildman–Crippen MR) is 201 cm³/mol. The van der Waals surface area contributed by atoms with E-state index in [1.165, 1.54) is 21.3 Å². The number of esters is 3. The van der Waals surface area contributed by atoms with Crippen molar-refractivity contribution in [1.82, 2.24) is 10.3 Å². The van der Waals surface area contributed by atoms with Gasteiger partial charge in [-0.25, -0.2) is 14.7 Å². The first-order valence-electron chi connectivity index (χ1n) is 17.3. The van der Waals surface area contributed by atoms with Gasteiger partial charge in [-0.05, 0) is 79.4 Å². The van der Waals surface area contributed by atoms with E-state index in [1.807, 2.05) is 39.0 Å². The number of hydrogen-bond donors (Lipinski definition) is 3. The number of allylic oxidation sites excluding steroid dienone is 7. The molecule has 5 aliphatic rings. The molecule has 1 aromatic heterocycles. The van der Waals surface area contributed by atoms with Crippen LogP contribution in [0.3, 0.4) is 0 Å². The molecule has 2 unspecified atom stereocenters. The lowest BCUT2D eigenvalue weighted by Gasteiger charge is -2.37. The van der Waals surface area contributed by atoms with Gasteiger partial charge in [0.1, 0.15) is 12.5 Å². The van der Waals surface area contributed by atoms with Crippen molar-refractivity contribution in [3.8, 4) is 0 Å². The van der Waals surface area contributed by atoms with Crippen molar-refractivity contribution in [1.29, 1.82) is 0 Å². The van der Waals surface area contributed by atoms with Crippen LogP contribution in [0.1, 0.15) is 44.7 Å². The Morgan fingerprint density at radius 1 is 1.02 bits per heavy atom. The van der Waals surface area contributed by atoms with Gasteiger partial charge in [0.15, 0.2) is 0 Å². The van der Waals surface area contributed by atoms with Crippen molar-refractivity contribution >= 4 is 47.1 Å². The van der Waals surface area contributed by atoms with Gasteiger partial charge in [0.25, 0.3) is 0 Å². The second-order valence-corrected chi connectivity index (χ2v) is 13.8. The van der Waals surface area contributed by atoms with Crippen molar-refractivity contribution in [2.75, 3.05) is 27.9 Å². The SMILES string of the molecule is C=CC1=C(C)C2=N/C1=C\C1NC(=C(CCC(=O)OC)C1C)/C=c1\[nH]c(c(C)c1C(=C)COO)=CC1=NC(=C2)C2=CC=C(C(=O)OC)[C@@H](C(=O)OC)[C@]21C. The summed E-state index contributed by atoms with van der Waals surface area (Å²) in [5, 5.41) is 14.4. The van der Waals surface area contributed by atoms with Gasteiger partial charge in [-0.3, -0.25) is 19.8 Å². The zero-order chi connectivity index (χ0) is 38.4. The van der Waals surface area contributed by atoms with Gasteiger partial charge in [-0.2, -0.15) is 0 Å². The number of aliphatic imine (C=N–C) groups is 2. The Morgan fingerprint density at radius 3 is 2.43 bits per heavy atom. The molecule has 1 aliphatic carbocycles. The average molecular weight is 721 g/mol. The van der Waals surface area contributed by atoms with E-state index in [1.54, 1.807) is 18.2 Å². The van der Waals surface area contributed by atoms with Crippen LogP contribution in [-0.4, -0.2) is 73.6 Å². The van der Waals surface area contributed by atoms with Gasteiger partial charge in [0.2, 0.25) is 0 Å². The topological polar surface area (TPSA) is 161 Å². The number of carbonyl (C=O) groups is 3. The van der Waals surface area contributed by atoms with E-state index in [4.69, 9.17) is 24.2 Å². The van der Waals surface area contributed by atoms with Crippen LogP contribution >= 0.6 is 0 Å². The number of fused-ring (bicyclic) bond motifs is 9. The fourth-order valence-corrected chi connectivity index (χ4v) is 8.02. The number of nitrogens with zero attached hydrogens (tertiary/aromatic N) is 2. The normalized spacial score (nSPS) is 25.9. The van der Waals surface area contributed by atoms with Crippen molar-refractivity contribution in [2.45, 2.75) is 46.6 Å². The molecule has 12 heteroatoms. The Morgan fingerprint density at radius 2 is 1.77 bits per heavy atom. The van der Waals surface area contributed by atoms with Crippen LogP contribution < -0.4 is 16.0 Å². The van der Waals surface area contributed by atoms with Gasteiger partial charge in [-0.15, -0.1) is 0 Å². The van der Waals surface area contributed by atoms with Crippen molar-refractivity contribution in [2.24, 2.45) is 27.2 Å². The smallest absolute Gasteiger partial charge is 0.334 e. The minimum Gasteiger partial charge on any atom is -0.469 e. The van der Waals surface area contributed by atoms with Crippen LogP contribution in [0.4, 0.5) is 0 Å². The second-order valence-electron chi connectivity index (χ2n) is 13.8. The largest absolute Gasteiger partial charge is 0.469 e. The molecule has 5 heterocycles. The average Bonchev–Trinajstić information content (AvgIpc) is 3.80. The molecule has 0 aromatic carbocycles. The summed E-state index contributed by atoms with van der Waals surface area (Å²) in [6.07, 6.45) is 13.6. The van der Waals surface area contributed by atoms with Crippen LogP contribution in [0.15, 0.2) is 98.5 Å².